The average Bonchev–Trinajstić information content (AvgIpc) is 2.04. The molecule has 0 amide bonds. The van der Waals surface area contributed by atoms with E-state index in [-0.39, 0.29) is 12.3 Å². The number of carbonyl (C=O) groups is 2. The van der Waals surface area contributed by atoms with Gasteiger partial charge in [-0.15, -0.1) is 0 Å². The van der Waals surface area contributed by atoms with Gasteiger partial charge in [0.2, 0.25) is 0 Å². The van der Waals surface area contributed by atoms with Gasteiger partial charge in [-0.2, -0.15) is 0 Å². The minimum absolute atomic E-state index is 0.277. The van der Waals surface area contributed by atoms with E-state index in [2.05, 4.69) is 21.5 Å². The first-order valence-corrected chi connectivity index (χ1v) is 3.21. The zero-order valence-electron chi connectivity index (χ0n) is 5.61. The van der Waals surface area contributed by atoms with Crippen molar-refractivity contribution < 1.29 is 18.0 Å². The predicted octanol–water partition coefficient (Wildman–Crippen LogP) is 1.01. The highest BCUT2D eigenvalue weighted by Gasteiger charge is 2.00. The summed E-state index contributed by atoms with van der Waals surface area (Å²) in [5.41, 5.74) is 0. The van der Waals surface area contributed by atoms with Crippen molar-refractivity contribution in [1.29, 1.82) is 0 Å². The van der Waals surface area contributed by atoms with E-state index in [4.69, 9.17) is 0 Å². The van der Waals surface area contributed by atoms with Gasteiger partial charge >= 0.3 is 11.9 Å². The first kappa shape index (κ1) is 9.77. The number of hydrogen-bond acceptors (Lipinski definition) is 5. The summed E-state index contributed by atoms with van der Waals surface area (Å²) < 4.78 is 8.46. The summed E-state index contributed by atoms with van der Waals surface area (Å²) in [6.45, 7) is 6.26. The molecule has 0 aromatic rings. The molecular weight excluding hydrogens is 168 g/mol. The van der Waals surface area contributed by atoms with Crippen molar-refractivity contribution in [3.05, 3.63) is 25.3 Å². The van der Waals surface area contributed by atoms with Gasteiger partial charge in [-0.25, -0.2) is 9.59 Å². The Balaban J connectivity index is 3.41. The topological polar surface area (TPSA) is 52.6 Å². The molecule has 0 aromatic carbocycles. The van der Waals surface area contributed by atoms with E-state index in [1.54, 1.807) is 0 Å². The highest BCUT2D eigenvalue weighted by Crippen LogP contribution is 2.05. The van der Waals surface area contributed by atoms with Crippen molar-refractivity contribution in [3.8, 4) is 0 Å². The van der Waals surface area contributed by atoms with Crippen molar-refractivity contribution in [1.82, 2.24) is 0 Å². The molecule has 0 heterocycles. The molecule has 0 aliphatic rings. The number of hydrogen-bond donors (Lipinski definition) is 0. The Morgan fingerprint density at radius 3 is 1.73 bits per heavy atom. The summed E-state index contributed by atoms with van der Waals surface area (Å²) in [4.78, 5) is 20.6. The van der Waals surface area contributed by atoms with Crippen LogP contribution in [0.25, 0.3) is 0 Å². The highest BCUT2D eigenvalue weighted by molar-refractivity contribution is 7.90. The summed E-state index contributed by atoms with van der Waals surface area (Å²) in [6.07, 6.45) is 1.91. The first-order valence-electron chi connectivity index (χ1n) is 2.54. The predicted molar refractivity (Wildman–Crippen MR) is 40.2 cm³/mol. The van der Waals surface area contributed by atoms with E-state index in [1.807, 2.05) is 0 Å². The Hall–Kier alpha value is -1.23. The molecule has 0 atom stereocenters. The van der Waals surface area contributed by atoms with Gasteiger partial charge in [0, 0.05) is 12.2 Å². The van der Waals surface area contributed by atoms with Crippen molar-refractivity contribution in [2.75, 3.05) is 0 Å². The molecule has 4 nitrogen and oxygen atoms in total. The van der Waals surface area contributed by atoms with Gasteiger partial charge in [-0.3, -0.25) is 0 Å². The number of carbonyl (C=O) groups excluding carboxylic acids is 2. The molecule has 0 radical (unpaired) electrons. The Labute approximate surface area is 68.3 Å². The lowest BCUT2D eigenvalue weighted by atomic mass is 10.7. The van der Waals surface area contributed by atoms with Crippen molar-refractivity contribution in [2.45, 2.75) is 0 Å². The second-order valence-electron chi connectivity index (χ2n) is 1.28. The zero-order valence-corrected chi connectivity index (χ0v) is 6.43. The lowest BCUT2D eigenvalue weighted by molar-refractivity contribution is -0.130. The minimum atomic E-state index is -0.674. The fourth-order valence-corrected chi connectivity index (χ4v) is 0.456. The van der Waals surface area contributed by atoms with E-state index in [0.29, 0.717) is 0 Å². The molecule has 0 aliphatic heterocycles. The van der Waals surface area contributed by atoms with Gasteiger partial charge in [-0.1, -0.05) is 13.2 Å². The maximum Gasteiger partial charge on any atom is 0.344 e. The van der Waals surface area contributed by atoms with Crippen LogP contribution in [0.2, 0.25) is 0 Å². The van der Waals surface area contributed by atoms with Gasteiger partial charge < -0.3 is 8.37 Å². The molecule has 0 saturated heterocycles. The standard InChI is InChI=1S/C6H6O4S/c1-3-5(7)9-11-10-6(8)4-2/h3-4H,1-2H2. The van der Waals surface area contributed by atoms with Crippen LogP contribution in [-0.4, -0.2) is 11.9 Å². The van der Waals surface area contributed by atoms with Crippen LogP contribution < -0.4 is 0 Å². The van der Waals surface area contributed by atoms with Gasteiger partial charge in [0.1, 0.15) is 0 Å². The molecular formula is C6H6O4S. The largest absolute Gasteiger partial charge is 0.351 e. The van der Waals surface area contributed by atoms with Crippen molar-refractivity contribution in [2.24, 2.45) is 0 Å². The van der Waals surface area contributed by atoms with Crippen LogP contribution in [0.5, 0.6) is 0 Å². The zero-order chi connectivity index (χ0) is 8.69. The fourth-order valence-electron chi connectivity index (χ4n) is 0.152. The van der Waals surface area contributed by atoms with Crippen LogP contribution in [0.3, 0.4) is 0 Å². The lowest BCUT2D eigenvalue weighted by Gasteiger charge is -1.95. The summed E-state index contributed by atoms with van der Waals surface area (Å²) in [7, 11) is 0. The third-order valence-corrected chi connectivity index (χ3v) is 1.03. The second kappa shape index (κ2) is 5.55. The molecule has 0 spiro atoms. The van der Waals surface area contributed by atoms with E-state index in [1.165, 1.54) is 0 Å². The van der Waals surface area contributed by atoms with E-state index in [9.17, 15) is 9.59 Å². The second-order valence-corrected chi connectivity index (χ2v) is 1.75. The van der Waals surface area contributed by atoms with Crippen LogP contribution in [0.1, 0.15) is 0 Å². The van der Waals surface area contributed by atoms with E-state index < -0.39 is 11.9 Å². The highest BCUT2D eigenvalue weighted by atomic mass is 32.2. The molecule has 0 fully saturated rings. The summed E-state index contributed by atoms with van der Waals surface area (Å²) in [5, 5.41) is 0. The Morgan fingerprint density at radius 1 is 1.09 bits per heavy atom. The fraction of sp³-hybridized carbons (Fsp3) is 0. The monoisotopic (exact) mass is 174 g/mol. The minimum Gasteiger partial charge on any atom is -0.351 e. The molecule has 0 aliphatic carbocycles. The van der Waals surface area contributed by atoms with Gasteiger partial charge in [0.25, 0.3) is 12.3 Å². The molecule has 0 rings (SSSR count). The molecule has 0 saturated carbocycles. The molecule has 0 bridgehead atoms. The molecule has 60 valence electrons. The van der Waals surface area contributed by atoms with Crippen LogP contribution >= 0.6 is 12.3 Å². The van der Waals surface area contributed by atoms with Crippen molar-refractivity contribution in [3.63, 3.8) is 0 Å². The third-order valence-electron chi connectivity index (χ3n) is 0.566. The van der Waals surface area contributed by atoms with Gasteiger partial charge in [0.05, 0.1) is 0 Å². The van der Waals surface area contributed by atoms with Crippen LogP contribution in [0, 0.1) is 0 Å². The Kier molecular flexibility index (Phi) is 4.93. The number of rotatable bonds is 4. The summed E-state index contributed by atoms with van der Waals surface area (Å²) in [6, 6.07) is 0. The SMILES string of the molecule is C=CC(=O)OSOC(=O)C=C. The Bertz CT molecular complexity index is 167. The quantitative estimate of drug-likeness (QED) is 0.470. The lowest BCUT2D eigenvalue weighted by Crippen LogP contribution is -1.97. The first-order chi connectivity index (χ1) is 5.20. The maximum absolute atomic E-state index is 10.3. The average molecular weight is 174 g/mol. The summed E-state index contributed by atoms with van der Waals surface area (Å²) in [5.74, 6) is -1.35. The van der Waals surface area contributed by atoms with Crippen LogP contribution in [-0.2, 0) is 18.0 Å². The van der Waals surface area contributed by atoms with Gasteiger partial charge in [0.15, 0.2) is 0 Å². The van der Waals surface area contributed by atoms with Crippen molar-refractivity contribution >= 4 is 24.3 Å². The summed E-state index contributed by atoms with van der Waals surface area (Å²) >= 11 is 0.277. The van der Waals surface area contributed by atoms with Gasteiger partial charge in [-0.05, 0) is 0 Å². The Morgan fingerprint density at radius 2 is 1.45 bits per heavy atom. The third kappa shape index (κ3) is 5.23. The molecule has 0 N–H and O–H groups in total. The maximum atomic E-state index is 10.3. The molecule has 5 heteroatoms. The molecule has 0 unspecified atom stereocenters. The van der Waals surface area contributed by atoms with E-state index in [0.717, 1.165) is 12.2 Å². The van der Waals surface area contributed by atoms with Crippen LogP contribution in [0.15, 0.2) is 25.3 Å². The normalized spacial score (nSPS) is 8.00. The van der Waals surface area contributed by atoms with Crippen LogP contribution in [0.4, 0.5) is 0 Å². The van der Waals surface area contributed by atoms with E-state index >= 15 is 0 Å². The smallest absolute Gasteiger partial charge is 0.344 e. The molecule has 11 heavy (non-hydrogen) atoms. The molecule has 0 aromatic heterocycles.